The first-order valence-corrected chi connectivity index (χ1v) is 7.32. The van der Waals surface area contributed by atoms with E-state index in [1.807, 2.05) is 11.8 Å². The van der Waals surface area contributed by atoms with Crippen LogP contribution in [-0.4, -0.2) is 43.2 Å². The minimum Gasteiger partial charge on any atom is -0.381 e. The van der Waals surface area contributed by atoms with Crippen LogP contribution in [0.3, 0.4) is 0 Å². The van der Waals surface area contributed by atoms with Gasteiger partial charge in [-0.2, -0.15) is 0 Å². The fourth-order valence-electron chi connectivity index (χ4n) is 3.16. The number of nitrogens with two attached hydrogens (primary N) is 1. The standard InChI is InChI=1S/C14H26N2O2.ClH/c1-2-18-10-11-6-7-16(9-11)14(17)12-4-3-5-13(15)8-12;/h11-13H,2-10,15H2,1H3;1H. The third-order valence-corrected chi connectivity index (χ3v) is 4.22. The van der Waals surface area contributed by atoms with Crippen molar-refractivity contribution in [1.82, 2.24) is 4.90 Å². The Bertz CT molecular complexity index is 289. The Morgan fingerprint density at radius 2 is 2.16 bits per heavy atom. The topological polar surface area (TPSA) is 55.6 Å². The van der Waals surface area contributed by atoms with Gasteiger partial charge in [0.2, 0.25) is 5.91 Å². The summed E-state index contributed by atoms with van der Waals surface area (Å²) in [6.45, 7) is 5.36. The van der Waals surface area contributed by atoms with Crippen LogP contribution < -0.4 is 5.73 Å². The number of carbonyl (C=O) groups excluding carboxylic acids is 1. The van der Waals surface area contributed by atoms with Gasteiger partial charge >= 0.3 is 0 Å². The number of ether oxygens (including phenoxy) is 1. The van der Waals surface area contributed by atoms with Gasteiger partial charge in [0, 0.05) is 37.6 Å². The minimum absolute atomic E-state index is 0. The van der Waals surface area contributed by atoms with Crippen LogP contribution in [0.4, 0.5) is 0 Å². The molecule has 0 aromatic carbocycles. The first kappa shape index (κ1) is 16.7. The van der Waals surface area contributed by atoms with Gasteiger partial charge in [-0.3, -0.25) is 4.79 Å². The summed E-state index contributed by atoms with van der Waals surface area (Å²) in [5.74, 6) is 1.05. The van der Waals surface area contributed by atoms with Crippen LogP contribution in [0.5, 0.6) is 0 Å². The van der Waals surface area contributed by atoms with Crippen molar-refractivity contribution >= 4 is 18.3 Å². The lowest BCUT2D eigenvalue weighted by atomic mass is 9.85. The van der Waals surface area contributed by atoms with Crippen LogP contribution >= 0.6 is 12.4 Å². The van der Waals surface area contributed by atoms with E-state index in [-0.39, 0.29) is 24.4 Å². The Labute approximate surface area is 122 Å². The van der Waals surface area contributed by atoms with Crippen LogP contribution in [-0.2, 0) is 9.53 Å². The quantitative estimate of drug-likeness (QED) is 0.859. The zero-order valence-electron chi connectivity index (χ0n) is 11.8. The average molecular weight is 291 g/mol. The van der Waals surface area contributed by atoms with Crippen molar-refractivity contribution < 1.29 is 9.53 Å². The van der Waals surface area contributed by atoms with Crippen molar-refractivity contribution in [2.24, 2.45) is 17.6 Å². The van der Waals surface area contributed by atoms with E-state index in [2.05, 4.69) is 0 Å². The maximum Gasteiger partial charge on any atom is 0.225 e. The highest BCUT2D eigenvalue weighted by Gasteiger charge is 2.32. The molecular formula is C14H27ClN2O2. The fourth-order valence-corrected chi connectivity index (χ4v) is 3.16. The number of hydrogen-bond donors (Lipinski definition) is 1. The van der Waals surface area contributed by atoms with Crippen molar-refractivity contribution in [3.8, 4) is 0 Å². The van der Waals surface area contributed by atoms with Crippen LogP contribution in [0.25, 0.3) is 0 Å². The Morgan fingerprint density at radius 1 is 1.37 bits per heavy atom. The molecule has 0 aromatic heterocycles. The molecule has 1 amide bonds. The predicted molar refractivity (Wildman–Crippen MR) is 78.4 cm³/mol. The Kier molecular flexibility index (Phi) is 7.11. The van der Waals surface area contributed by atoms with Gasteiger partial charge in [0.1, 0.15) is 0 Å². The molecule has 0 radical (unpaired) electrons. The summed E-state index contributed by atoms with van der Waals surface area (Å²) in [6, 6.07) is 0.231. The molecule has 3 atom stereocenters. The lowest BCUT2D eigenvalue weighted by molar-refractivity contribution is -0.135. The first-order valence-electron chi connectivity index (χ1n) is 7.32. The molecule has 19 heavy (non-hydrogen) atoms. The Morgan fingerprint density at radius 3 is 2.84 bits per heavy atom. The Balaban J connectivity index is 0.00000180. The van der Waals surface area contributed by atoms with Crippen LogP contribution in [0.1, 0.15) is 39.0 Å². The lowest BCUT2D eigenvalue weighted by Gasteiger charge is -2.29. The van der Waals surface area contributed by atoms with Gasteiger partial charge in [0.05, 0.1) is 6.61 Å². The highest BCUT2D eigenvalue weighted by Crippen LogP contribution is 2.27. The highest BCUT2D eigenvalue weighted by molar-refractivity contribution is 5.85. The van der Waals surface area contributed by atoms with Gasteiger partial charge in [0.25, 0.3) is 0 Å². The van der Waals surface area contributed by atoms with Crippen LogP contribution in [0, 0.1) is 11.8 Å². The van der Waals surface area contributed by atoms with E-state index in [0.29, 0.717) is 11.8 Å². The molecule has 3 unspecified atom stereocenters. The molecule has 0 aromatic rings. The van der Waals surface area contributed by atoms with E-state index in [1.165, 1.54) is 0 Å². The zero-order valence-corrected chi connectivity index (χ0v) is 12.7. The van der Waals surface area contributed by atoms with Gasteiger partial charge in [0.15, 0.2) is 0 Å². The summed E-state index contributed by atoms with van der Waals surface area (Å²) >= 11 is 0. The third-order valence-electron chi connectivity index (χ3n) is 4.22. The lowest BCUT2D eigenvalue weighted by Crippen LogP contribution is -2.39. The smallest absolute Gasteiger partial charge is 0.225 e. The van der Waals surface area contributed by atoms with Gasteiger partial charge in [-0.25, -0.2) is 0 Å². The molecule has 2 aliphatic rings. The van der Waals surface area contributed by atoms with Crippen LogP contribution in [0.15, 0.2) is 0 Å². The zero-order chi connectivity index (χ0) is 13.0. The molecule has 2 fully saturated rings. The second kappa shape index (κ2) is 8.08. The Hall–Kier alpha value is -0.320. The average Bonchev–Trinajstić information content (AvgIpc) is 2.84. The van der Waals surface area contributed by atoms with Crippen molar-refractivity contribution in [3.05, 3.63) is 0 Å². The van der Waals surface area contributed by atoms with Crippen molar-refractivity contribution in [2.75, 3.05) is 26.3 Å². The van der Waals surface area contributed by atoms with E-state index >= 15 is 0 Å². The summed E-state index contributed by atoms with van der Waals surface area (Å²) < 4.78 is 5.45. The molecule has 1 aliphatic heterocycles. The maximum absolute atomic E-state index is 12.4. The van der Waals surface area contributed by atoms with Crippen molar-refractivity contribution in [1.29, 1.82) is 0 Å². The number of hydrogen-bond acceptors (Lipinski definition) is 3. The number of carbonyl (C=O) groups is 1. The maximum atomic E-state index is 12.4. The molecule has 1 saturated heterocycles. The fraction of sp³-hybridized carbons (Fsp3) is 0.929. The normalized spacial score (nSPS) is 31.1. The van der Waals surface area contributed by atoms with Crippen molar-refractivity contribution in [3.63, 3.8) is 0 Å². The third kappa shape index (κ3) is 4.62. The first-order chi connectivity index (χ1) is 8.70. The molecule has 1 saturated carbocycles. The second-order valence-corrected chi connectivity index (χ2v) is 5.72. The predicted octanol–water partition coefficient (Wildman–Crippen LogP) is 1.81. The molecule has 2 rings (SSSR count). The van der Waals surface area contributed by atoms with Gasteiger partial charge in [-0.1, -0.05) is 6.42 Å². The second-order valence-electron chi connectivity index (χ2n) is 5.72. The molecule has 112 valence electrons. The molecule has 1 heterocycles. The number of likely N-dealkylation sites (tertiary alicyclic amines) is 1. The molecule has 0 bridgehead atoms. The van der Waals surface area contributed by atoms with E-state index in [0.717, 1.165) is 58.4 Å². The van der Waals surface area contributed by atoms with Gasteiger partial charge in [-0.05, 0) is 32.6 Å². The number of nitrogens with zero attached hydrogens (tertiary/aromatic N) is 1. The number of rotatable bonds is 4. The summed E-state index contributed by atoms with van der Waals surface area (Å²) in [5.41, 5.74) is 5.96. The summed E-state index contributed by atoms with van der Waals surface area (Å²) in [4.78, 5) is 14.4. The van der Waals surface area contributed by atoms with Gasteiger partial charge in [-0.15, -0.1) is 12.4 Å². The van der Waals surface area contributed by atoms with Crippen LogP contribution in [0.2, 0.25) is 0 Å². The minimum atomic E-state index is 0. The van der Waals surface area contributed by atoms with E-state index in [4.69, 9.17) is 10.5 Å². The monoisotopic (exact) mass is 290 g/mol. The molecular weight excluding hydrogens is 264 g/mol. The SMILES string of the molecule is CCOCC1CCN(C(=O)C2CCCC(N)C2)C1.Cl. The number of amides is 1. The molecule has 0 spiro atoms. The number of halogens is 1. The van der Waals surface area contributed by atoms with Gasteiger partial charge < -0.3 is 15.4 Å². The molecule has 1 aliphatic carbocycles. The van der Waals surface area contributed by atoms with E-state index < -0.39 is 0 Å². The summed E-state index contributed by atoms with van der Waals surface area (Å²) in [5, 5.41) is 0. The van der Waals surface area contributed by atoms with E-state index in [9.17, 15) is 4.79 Å². The molecule has 4 nitrogen and oxygen atoms in total. The van der Waals surface area contributed by atoms with E-state index in [1.54, 1.807) is 0 Å². The highest BCUT2D eigenvalue weighted by atomic mass is 35.5. The molecule has 2 N–H and O–H groups in total. The molecule has 5 heteroatoms. The summed E-state index contributed by atoms with van der Waals surface area (Å²) in [7, 11) is 0. The summed E-state index contributed by atoms with van der Waals surface area (Å²) in [6.07, 6.45) is 5.18. The van der Waals surface area contributed by atoms with Crippen molar-refractivity contribution in [2.45, 2.75) is 45.1 Å². The largest absolute Gasteiger partial charge is 0.381 e.